The van der Waals surface area contributed by atoms with Crippen molar-refractivity contribution in [3.05, 3.63) is 64.0 Å². The number of nitrogens with one attached hydrogen (secondary N) is 1. The van der Waals surface area contributed by atoms with Gasteiger partial charge in [0.25, 0.3) is 5.91 Å². The van der Waals surface area contributed by atoms with Crippen molar-refractivity contribution in [1.82, 2.24) is 4.98 Å². The van der Waals surface area contributed by atoms with E-state index in [9.17, 15) is 26.4 Å². The first-order valence-electron chi connectivity index (χ1n) is 8.20. The molecule has 1 aromatic heterocycles. The highest BCUT2D eigenvalue weighted by molar-refractivity contribution is 7.90. The highest BCUT2D eigenvalue weighted by Crippen LogP contribution is 2.34. The highest BCUT2D eigenvalue weighted by Gasteiger charge is 2.34. The maximum atomic E-state index is 12.7. The molecular formula is C19H15F3N2O3S2. The molecule has 0 bridgehead atoms. The third-order valence-corrected chi connectivity index (χ3v) is 6.05. The van der Waals surface area contributed by atoms with Crippen molar-refractivity contribution in [1.29, 1.82) is 0 Å². The second-order valence-corrected chi connectivity index (χ2v) is 9.19. The number of anilines is 1. The molecule has 0 atom stereocenters. The summed E-state index contributed by atoms with van der Waals surface area (Å²) in [7, 11) is -3.37. The summed E-state index contributed by atoms with van der Waals surface area (Å²) in [5.74, 6) is -0.427. The number of alkyl halides is 3. The Hall–Kier alpha value is -2.72. The van der Waals surface area contributed by atoms with Crippen LogP contribution in [0.1, 0.15) is 20.9 Å². The number of aromatic nitrogens is 1. The monoisotopic (exact) mass is 440 g/mol. The van der Waals surface area contributed by atoms with E-state index in [1.165, 1.54) is 23.6 Å². The number of benzene rings is 2. The number of halogens is 3. The zero-order valence-electron chi connectivity index (χ0n) is 15.2. The van der Waals surface area contributed by atoms with Crippen molar-refractivity contribution in [3.63, 3.8) is 0 Å². The van der Waals surface area contributed by atoms with Crippen LogP contribution in [0.5, 0.6) is 0 Å². The van der Waals surface area contributed by atoms with Crippen LogP contribution in [0.4, 0.5) is 18.9 Å². The predicted octanol–water partition coefficient (Wildman–Crippen LogP) is 4.79. The number of amides is 1. The molecule has 0 radical (unpaired) electrons. The van der Waals surface area contributed by atoms with Gasteiger partial charge in [-0.2, -0.15) is 13.2 Å². The van der Waals surface area contributed by atoms with Gasteiger partial charge >= 0.3 is 6.18 Å². The van der Waals surface area contributed by atoms with E-state index in [1.807, 2.05) is 0 Å². The minimum atomic E-state index is -4.48. The molecule has 29 heavy (non-hydrogen) atoms. The minimum Gasteiger partial charge on any atom is -0.322 e. The molecule has 1 amide bonds. The number of carbonyl (C=O) groups excluding carboxylic acids is 1. The largest absolute Gasteiger partial charge is 0.443 e. The average Bonchev–Trinajstić information content (AvgIpc) is 3.12. The molecule has 0 fully saturated rings. The summed E-state index contributed by atoms with van der Waals surface area (Å²) in [5.41, 5.74) is 1.95. The van der Waals surface area contributed by atoms with Crippen LogP contribution in [0, 0.1) is 6.92 Å². The topological polar surface area (TPSA) is 76.1 Å². The number of hydrogen-bond donors (Lipinski definition) is 1. The van der Waals surface area contributed by atoms with Crippen molar-refractivity contribution in [2.24, 2.45) is 0 Å². The molecule has 152 valence electrons. The minimum absolute atomic E-state index is 0.123. The second kappa shape index (κ2) is 7.60. The number of rotatable bonds is 4. The van der Waals surface area contributed by atoms with Crippen LogP contribution in [-0.2, 0) is 16.0 Å². The zero-order valence-corrected chi connectivity index (χ0v) is 16.9. The lowest BCUT2D eigenvalue weighted by molar-refractivity contribution is -0.137. The molecular weight excluding hydrogens is 425 g/mol. The van der Waals surface area contributed by atoms with Crippen molar-refractivity contribution < 1.29 is 26.4 Å². The van der Waals surface area contributed by atoms with E-state index in [0.29, 0.717) is 33.7 Å². The van der Waals surface area contributed by atoms with Gasteiger partial charge < -0.3 is 5.32 Å². The summed E-state index contributed by atoms with van der Waals surface area (Å²) < 4.78 is 61.2. The van der Waals surface area contributed by atoms with E-state index in [0.717, 1.165) is 6.26 Å². The van der Waals surface area contributed by atoms with Crippen LogP contribution in [0.15, 0.2) is 52.7 Å². The number of hydrogen-bond acceptors (Lipinski definition) is 5. The Balaban J connectivity index is 1.76. The van der Waals surface area contributed by atoms with E-state index in [2.05, 4.69) is 10.3 Å². The van der Waals surface area contributed by atoms with Gasteiger partial charge in [0.1, 0.15) is 0 Å². The fourth-order valence-electron chi connectivity index (χ4n) is 2.58. The molecule has 0 saturated heterocycles. The Morgan fingerprint density at radius 1 is 1.10 bits per heavy atom. The summed E-state index contributed by atoms with van der Waals surface area (Å²) in [6, 6.07) is 10.5. The Bertz CT molecular complexity index is 1170. The van der Waals surface area contributed by atoms with Gasteiger partial charge in [-0.3, -0.25) is 4.79 Å². The van der Waals surface area contributed by atoms with Gasteiger partial charge in [0.15, 0.2) is 14.8 Å². The van der Waals surface area contributed by atoms with Gasteiger partial charge in [0.2, 0.25) is 0 Å². The van der Waals surface area contributed by atoms with Crippen molar-refractivity contribution in [2.75, 3.05) is 11.6 Å². The third kappa shape index (κ3) is 4.83. The summed E-state index contributed by atoms with van der Waals surface area (Å²) in [5, 5.41) is 3.08. The predicted molar refractivity (Wildman–Crippen MR) is 105 cm³/mol. The van der Waals surface area contributed by atoms with Gasteiger partial charge in [-0.25, -0.2) is 13.4 Å². The lowest BCUT2D eigenvalue weighted by Gasteiger charge is -2.09. The molecule has 5 nitrogen and oxygen atoms in total. The van der Waals surface area contributed by atoms with Crippen molar-refractivity contribution in [3.8, 4) is 11.3 Å². The SMILES string of the molecule is Cc1cc(S(C)(=O)=O)ccc1C(=O)Nc1ccc(-c2csc(C(F)(F)F)n2)cc1. The molecule has 3 rings (SSSR count). The van der Waals surface area contributed by atoms with Gasteiger partial charge in [0, 0.05) is 28.5 Å². The summed E-state index contributed by atoms with van der Waals surface area (Å²) >= 11 is 0.519. The number of sulfone groups is 1. The summed E-state index contributed by atoms with van der Waals surface area (Å²) in [4.78, 5) is 16.2. The van der Waals surface area contributed by atoms with Gasteiger partial charge in [-0.1, -0.05) is 12.1 Å². The first-order valence-corrected chi connectivity index (χ1v) is 11.0. The van der Waals surface area contributed by atoms with Crippen LogP contribution in [0.25, 0.3) is 11.3 Å². The van der Waals surface area contributed by atoms with E-state index >= 15 is 0 Å². The summed E-state index contributed by atoms with van der Waals surface area (Å²) in [6.07, 6.45) is -3.40. The Morgan fingerprint density at radius 3 is 2.28 bits per heavy atom. The molecule has 1 heterocycles. The Labute approximate surface area is 169 Å². The zero-order chi connectivity index (χ0) is 21.4. The molecule has 0 unspecified atom stereocenters. The lowest BCUT2D eigenvalue weighted by Crippen LogP contribution is -2.14. The molecule has 1 N–H and O–H groups in total. The quantitative estimate of drug-likeness (QED) is 0.633. The van der Waals surface area contributed by atoms with E-state index in [-0.39, 0.29) is 10.6 Å². The number of thiazole rings is 1. The second-order valence-electron chi connectivity index (χ2n) is 6.32. The van der Waals surface area contributed by atoms with Crippen molar-refractivity contribution >= 4 is 32.8 Å². The maximum Gasteiger partial charge on any atom is 0.443 e. The van der Waals surface area contributed by atoms with E-state index in [1.54, 1.807) is 31.2 Å². The molecule has 0 aliphatic heterocycles. The van der Waals surface area contributed by atoms with Gasteiger partial charge in [0.05, 0.1) is 10.6 Å². The Kier molecular flexibility index (Phi) is 5.50. The van der Waals surface area contributed by atoms with Gasteiger partial charge in [-0.15, -0.1) is 11.3 Å². The van der Waals surface area contributed by atoms with Crippen LogP contribution >= 0.6 is 11.3 Å². The van der Waals surface area contributed by atoms with Gasteiger partial charge in [-0.05, 0) is 42.8 Å². The molecule has 2 aromatic carbocycles. The Morgan fingerprint density at radius 2 is 1.76 bits per heavy atom. The number of carbonyl (C=O) groups is 1. The molecule has 3 aromatic rings. The normalized spacial score (nSPS) is 12.0. The standard InChI is InChI=1S/C19H15F3N2O3S2/c1-11-9-14(29(2,26)27)7-8-15(11)17(25)23-13-5-3-12(4-6-13)16-10-28-18(24-16)19(20,21)22/h3-10H,1-2H3,(H,23,25). The molecule has 10 heteroatoms. The first kappa shape index (κ1) is 21.0. The molecule has 0 saturated carbocycles. The van der Waals surface area contributed by atoms with Crippen LogP contribution in [0.3, 0.4) is 0 Å². The highest BCUT2D eigenvalue weighted by atomic mass is 32.2. The van der Waals surface area contributed by atoms with E-state index in [4.69, 9.17) is 0 Å². The van der Waals surface area contributed by atoms with E-state index < -0.39 is 26.9 Å². The first-order chi connectivity index (χ1) is 13.4. The molecule has 0 aliphatic carbocycles. The maximum absolute atomic E-state index is 12.7. The lowest BCUT2D eigenvalue weighted by atomic mass is 10.1. The smallest absolute Gasteiger partial charge is 0.322 e. The van der Waals surface area contributed by atoms with Crippen molar-refractivity contribution in [2.45, 2.75) is 18.0 Å². The molecule has 0 aliphatic rings. The fraction of sp³-hybridized carbons (Fsp3) is 0.158. The fourth-order valence-corrected chi connectivity index (χ4v) is 3.98. The molecule has 0 spiro atoms. The summed E-state index contributed by atoms with van der Waals surface area (Å²) in [6.45, 7) is 1.63. The average molecular weight is 440 g/mol. The number of nitrogens with zero attached hydrogens (tertiary/aromatic N) is 1. The van der Waals surface area contributed by atoms with Crippen LogP contribution < -0.4 is 5.32 Å². The van der Waals surface area contributed by atoms with Crippen LogP contribution in [0.2, 0.25) is 0 Å². The van der Waals surface area contributed by atoms with Crippen LogP contribution in [-0.4, -0.2) is 25.6 Å². The number of aryl methyl sites for hydroxylation is 1. The third-order valence-electron chi connectivity index (χ3n) is 4.06.